The molecule has 0 amide bonds. The fourth-order valence-electron chi connectivity index (χ4n) is 1.77. The highest BCUT2D eigenvalue weighted by Gasteiger charge is 2.21. The lowest BCUT2D eigenvalue weighted by Gasteiger charge is -2.37. The Bertz CT molecular complexity index is 330. The molecule has 1 aliphatic heterocycles. The van der Waals surface area contributed by atoms with Gasteiger partial charge >= 0.3 is 0 Å². The predicted molar refractivity (Wildman–Crippen MR) is 62.3 cm³/mol. The Kier molecular flexibility index (Phi) is 3.56. The van der Waals surface area contributed by atoms with E-state index in [0.717, 1.165) is 36.2 Å². The second-order valence-electron chi connectivity index (χ2n) is 4.06. The number of halogens is 1. The summed E-state index contributed by atoms with van der Waals surface area (Å²) in [6.07, 6.45) is 0. The van der Waals surface area contributed by atoms with Crippen molar-refractivity contribution in [2.75, 3.05) is 26.7 Å². The van der Waals surface area contributed by atoms with Crippen LogP contribution >= 0.6 is 23.1 Å². The van der Waals surface area contributed by atoms with Gasteiger partial charge in [0, 0.05) is 43.8 Å². The monoisotopic (exact) mass is 246 g/mol. The first-order valence-electron chi connectivity index (χ1n) is 5.06. The molecule has 0 bridgehead atoms. The Morgan fingerprint density at radius 3 is 2.93 bits per heavy atom. The molecule has 2 heterocycles. The van der Waals surface area contributed by atoms with Crippen molar-refractivity contribution in [3.63, 3.8) is 0 Å². The van der Waals surface area contributed by atoms with Crippen LogP contribution in [-0.4, -0.2) is 52.1 Å². The predicted octanol–water partition coefficient (Wildman–Crippen LogP) is 1.33. The molecule has 1 unspecified atom stereocenters. The molecule has 1 saturated heterocycles. The van der Waals surface area contributed by atoms with E-state index in [2.05, 4.69) is 33.4 Å². The number of nitrogens with zero attached hydrogens (tertiary/aromatic N) is 4. The summed E-state index contributed by atoms with van der Waals surface area (Å²) < 4.78 is 4.57. The number of hydrogen-bond donors (Lipinski definition) is 0. The molecule has 2 rings (SSSR count). The van der Waals surface area contributed by atoms with Crippen molar-refractivity contribution in [1.82, 2.24) is 19.4 Å². The second kappa shape index (κ2) is 4.74. The Morgan fingerprint density at radius 2 is 2.33 bits per heavy atom. The minimum absolute atomic E-state index is 0.601. The van der Waals surface area contributed by atoms with Crippen LogP contribution < -0.4 is 0 Å². The van der Waals surface area contributed by atoms with E-state index in [9.17, 15) is 0 Å². The van der Waals surface area contributed by atoms with Gasteiger partial charge < -0.3 is 4.90 Å². The van der Waals surface area contributed by atoms with Gasteiger partial charge in [0.2, 0.25) is 0 Å². The molecule has 0 saturated carbocycles. The summed E-state index contributed by atoms with van der Waals surface area (Å²) in [6.45, 7) is 6.33. The summed E-state index contributed by atoms with van der Waals surface area (Å²) in [6, 6.07) is 0.601. The van der Waals surface area contributed by atoms with Gasteiger partial charge in [0.1, 0.15) is 10.0 Å². The van der Waals surface area contributed by atoms with Gasteiger partial charge in [0.25, 0.3) is 0 Å². The fraction of sp³-hybridized carbons (Fsp3) is 0.778. The van der Waals surface area contributed by atoms with Crippen LogP contribution in [-0.2, 0) is 6.54 Å². The van der Waals surface area contributed by atoms with Gasteiger partial charge in [-0.25, -0.2) is 0 Å². The third-order valence-corrected chi connectivity index (χ3v) is 3.91. The van der Waals surface area contributed by atoms with Gasteiger partial charge in [0.05, 0.1) is 0 Å². The molecule has 0 N–H and O–H groups in total. The molecule has 15 heavy (non-hydrogen) atoms. The van der Waals surface area contributed by atoms with Crippen molar-refractivity contribution >= 4 is 23.1 Å². The molecule has 6 heteroatoms. The number of rotatable bonds is 2. The van der Waals surface area contributed by atoms with Gasteiger partial charge in [0.15, 0.2) is 0 Å². The Morgan fingerprint density at radius 1 is 1.53 bits per heavy atom. The van der Waals surface area contributed by atoms with E-state index in [4.69, 9.17) is 11.6 Å². The maximum absolute atomic E-state index is 5.98. The minimum Gasteiger partial charge on any atom is -0.301 e. The second-order valence-corrected chi connectivity index (χ2v) is 5.41. The van der Waals surface area contributed by atoms with Crippen molar-refractivity contribution in [1.29, 1.82) is 0 Å². The summed E-state index contributed by atoms with van der Waals surface area (Å²) in [5.74, 6) is 0. The fourth-order valence-corrected chi connectivity index (χ4v) is 2.38. The van der Waals surface area contributed by atoms with Gasteiger partial charge in [-0.15, -0.1) is 5.10 Å². The summed E-state index contributed by atoms with van der Waals surface area (Å²) in [4.78, 5) is 4.75. The quantitative estimate of drug-likeness (QED) is 0.788. The lowest BCUT2D eigenvalue weighted by molar-refractivity contribution is 0.0991. The summed E-state index contributed by atoms with van der Waals surface area (Å²) in [5, 5.41) is 4.04. The van der Waals surface area contributed by atoms with Crippen LogP contribution in [0.1, 0.15) is 12.6 Å². The van der Waals surface area contributed by atoms with Crippen LogP contribution in [0.3, 0.4) is 0 Å². The molecule has 0 aromatic carbocycles. The molecule has 1 aromatic rings. The first-order chi connectivity index (χ1) is 7.16. The highest BCUT2D eigenvalue weighted by molar-refractivity contribution is 7.10. The van der Waals surface area contributed by atoms with Crippen LogP contribution in [0.25, 0.3) is 0 Å². The molecular formula is C9H15ClN4S. The topological polar surface area (TPSA) is 32.3 Å². The van der Waals surface area contributed by atoms with Crippen LogP contribution in [0.5, 0.6) is 0 Å². The van der Waals surface area contributed by atoms with Crippen molar-refractivity contribution in [2.24, 2.45) is 0 Å². The third kappa shape index (κ3) is 2.66. The number of likely N-dealkylation sites (N-methyl/N-ethyl adjacent to an activating group) is 1. The summed E-state index contributed by atoms with van der Waals surface area (Å²) >= 11 is 7.24. The zero-order chi connectivity index (χ0) is 10.8. The average molecular weight is 247 g/mol. The molecule has 1 fully saturated rings. The van der Waals surface area contributed by atoms with E-state index in [-0.39, 0.29) is 0 Å². The Labute approximate surface area is 99.0 Å². The van der Waals surface area contributed by atoms with Gasteiger partial charge in [-0.3, -0.25) is 4.90 Å². The number of hydrogen-bond acceptors (Lipinski definition) is 5. The first kappa shape index (κ1) is 11.3. The zero-order valence-electron chi connectivity index (χ0n) is 8.98. The maximum Gasteiger partial charge on any atom is 0.138 e. The van der Waals surface area contributed by atoms with Crippen LogP contribution in [0.15, 0.2) is 0 Å². The first-order valence-corrected chi connectivity index (χ1v) is 6.21. The van der Waals surface area contributed by atoms with Crippen molar-refractivity contribution < 1.29 is 0 Å². The van der Waals surface area contributed by atoms with E-state index >= 15 is 0 Å². The van der Waals surface area contributed by atoms with E-state index in [0.29, 0.717) is 6.04 Å². The molecule has 1 atom stereocenters. The maximum atomic E-state index is 5.98. The molecule has 4 nitrogen and oxygen atoms in total. The highest BCUT2D eigenvalue weighted by atomic mass is 35.5. The minimum atomic E-state index is 0.601. The summed E-state index contributed by atoms with van der Waals surface area (Å²) in [7, 11) is 2.17. The number of piperazine rings is 1. The zero-order valence-corrected chi connectivity index (χ0v) is 10.6. The normalized spacial score (nSPS) is 24.6. The molecule has 0 spiro atoms. The lowest BCUT2D eigenvalue weighted by Crippen LogP contribution is -2.49. The van der Waals surface area contributed by atoms with Crippen LogP contribution in [0, 0.1) is 0 Å². The molecule has 0 aliphatic carbocycles. The van der Waals surface area contributed by atoms with E-state index < -0.39 is 0 Å². The molecule has 1 aliphatic rings. The molecule has 1 aromatic heterocycles. The van der Waals surface area contributed by atoms with Gasteiger partial charge in [-0.05, 0) is 14.0 Å². The smallest absolute Gasteiger partial charge is 0.138 e. The molecule has 84 valence electrons. The van der Waals surface area contributed by atoms with Gasteiger partial charge in [-0.1, -0.05) is 16.1 Å². The highest BCUT2D eigenvalue weighted by Crippen LogP contribution is 2.20. The Hall–Kier alpha value is -0.230. The SMILES string of the molecule is CC1CN(Cc2nnsc2Cl)CCN1C. The lowest BCUT2D eigenvalue weighted by atomic mass is 10.2. The van der Waals surface area contributed by atoms with Gasteiger partial charge in [-0.2, -0.15) is 0 Å². The molecule has 0 radical (unpaired) electrons. The van der Waals surface area contributed by atoms with Crippen molar-refractivity contribution in [3.05, 3.63) is 10.0 Å². The van der Waals surface area contributed by atoms with E-state index in [1.165, 1.54) is 11.5 Å². The summed E-state index contributed by atoms with van der Waals surface area (Å²) in [5.41, 5.74) is 0.915. The number of aromatic nitrogens is 2. The van der Waals surface area contributed by atoms with E-state index in [1.54, 1.807) is 0 Å². The standard InChI is InChI=1S/C9H15ClN4S/c1-7-5-14(4-3-13(7)2)6-8-9(10)15-12-11-8/h7H,3-6H2,1-2H3. The third-order valence-electron chi connectivity index (χ3n) is 2.93. The van der Waals surface area contributed by atoms with Crippen molar-refractivity contribution in [2.45, 2.75) is 19.5 Å². The van der Waals surface area contributed by atoms with Crippen LogP contribution in [0.4, 0.5) is 0 Å². The van der Waals surface area contributed by atoms with Crippen LogP contribution in [0.2, 0.25) is 4.34 Å². The Balaban J connectivity index is 1.94. The largest absolute Gasteiger partial charge is 0.301 e. The average Bonchev–Trinajstić information content (AvgIpc) is 2.59. The van der Waals surface area contributed by atoms with E-state index in [1.807, 2.05) is 0 Å². The van der Waals surface area contributed by atoms with Crippen molar-refractivity contribution in [3.8, 4) is 0 Å². The molecular weight excluding hydrogens is 232 g/mol.